The highest BCUT2D eigenvalue weighted by molar-refractivity contribution is 5.74. The van der Waals surface area contributed by atoms with Gasteiger partial charge in [0.15, 0.2) is 0 Å². The van der Waals surface area contributed by atoms with Gasteiger partial charge in [0.05, 0.1) is 0 Å². The van der Waals surface area contributed by atoms with Crippen molar-refractivity contribution in [1.29, 1.82) is 0 Å². The molecule has 0 fully saturated rings. The first-order valence-corrected chi connectivity index (χ1v) is 16.6. The molecule has 0 saturated heterocycles. The number of benzene rings is 4. The zero-order chi connectivity index (χ0) is 31.7. The third kappa shape index (κ3) is 5.74. The average Bonchev–Trinajstić information content (AvgIpc) is 3.12. The van der Waals surface area contributed by atoms with E-state index in [1.54, 1.807) is 0 Å². The molecule has 2 aromatic heterocycles. The van der Waals surface area contributed by atoms with E-state index in [-0.39, 0.29) is 0 Å². The van der Waals surface area contributed by atoms with E-state index in [9.17, 15) is 0 Å². The summed E-state index contributed by atoms with van der Waals surface area (Å²) in [6.45, 7) is 6.20. The third-order valence-electron chi connectivity index (χ3n) is 9.50. The SMILES string of the molecule is Cc1cc(N2CCCc3ccc(Oc4ccc5c(c4)N(c4cc(C)c(-c6ccccc6)cn4)CCC5)cc32)ncc1-c1ccccc1. The van der Waals surface area contributed by atoms with E-state index in [4.69, 9.17) is 14.7 Å². The van der Waals surface area contributed by atoms with Gasteiger partial charge in [-0.2, -0.15) is 0 Å². The fourth-order valence-electron chi connectivity index (χ4n) is 7.07. The Balaban J connectivity index is 1.07. The van der Waals surface area contributed by atoms with Crippen molar-refractivity contribution in [3.05, 3.63) is 144 Å². The van der Waals surface area contributed by atoms with E-state index < -0.39 is 0 Å². The normalized spacial score (nSPS) is 14.0. The molecule has 47 heavy (non-hydrogen) atoms. The second kappa shape index (κ2) is 12.4. The quantitative estimate of drug-likeness (QED) is 0.187. The summed E-state index contributed by atoms with van der Waals surface area (Å²) >= 11 is 0. The Labute approximate surface area is 277 Å². The smallest absolute Gasteiger partial charge is 0.133 e. The van der Waals surface area contributed by atoms with Gasteiger partial charge in [-0.3, -0.25) is 0 Å². The molecule has 4 heterocycles. The minimum atomic E-state index is 0.830. The van der Waals surface area contributed by atoms with E-state index in [0.717, 1.165) is 61.9 Å². The summed E-state index contributed by atoms with van der Waals surface area (Å²) < 4.78 is 6.59. The molecule has 0 bridgehead atoms. The Bertz CT molecular complexity index is 1910. The molecule has 0 spiro atoms. The van der Waals surface area contributed by atoms with Gasteiger partial charge in [-0.25, -0.2) is 9.97 Å². The monoisotopic (exact) mass is 614 g/mol. The van der Waals surface area contributed by atoms with Crippen LogP contribution in [0.4, 0.5) is 23.0 Å². The highest BCUT2D eigenvalue weighted by atomic mass is 16.5. The highest BCUT2D eigenvalue weighted by Crippen LogP contribution is 2.40. The van der Waals surface area contributed by atoms with Gasteiger partial charge in [0, 0.05) is 60.1 Å². The number of hydrogen-bond donors (Lipinski definition) is 0. The van der Waals surface area contributed by atoms with Crippen molar-refractivity contribution in [2.75, 3.05) is 22.9 Å². The van der Waals surface area contributed by atoms with Crippen LogP contribution >= 0.6 is 0 Å². The second-order valence-electron chi connectivity index (χ2n) is 12.6. The Morgan fingerprint density at radius 2 is 0.979 bits per heavy atom. The number of aryl methyl sites for hydroxylation is 4. The van der Waals surface area contributed by atoms with E-state index in [1.165, 1.54) is 55.9 Å². The Morgan fingerprint density at radius 1 is 0.532 bits per heavy atom. The molecular weight excluding hydrogens is 576 g/mol. The summed E-state index contributed by atoms with van der Waals surface area (Å²) in [7, 11) is 0. The molecule has 5 nitrogen and oxygen atoms in total. The first-order chi connectivity index (χ1) is 23.1. The van der Waals surface area contributed by atoms with E-state index in [2.05, 4.69) is 121 Å². The molecule has 232 valence electrons. The molecular formula is C42H38N4O. The molecule has 0 N–H and O–H groups in total. The molecule has 6 aromatic rings. The van der Waals surface area contributed by atoms with Gasteiger partial charge in [0.1, 0.15) is 23.1 Å². The molecule has 0 saturated carbocycles. The largest absolute Gasteiger partial charge is 0.457 e. The minimum Gasteiger partial charge on any atom is -0.457 e. The molecule has 8 rings (SSSR count). The maximum absolute atomic E-state index is 6.59. The number of anilines is 4. The van der Waals surface area contributed by atoms with Crippen molar-refractivity contribution in [1.82, 2.24) is 9.97 Å². The van der Waals surface area contributed by atoms with Gasteiger partial charge in [-0.15, -0.1) is 0 Å². The molecule has 0 amide bonds. The van der Waals surface area contributed by atoms with Crippen molar-refractivity contribution in [2.24, 2.45) is 0 Å². The lowest BCUT2D eigenvalue weighted by Crippen LogP contribution is -2.25. The van der Waals surface area contributed by atoms with Gasteiger partial charge in [-0.05, 0) is 97.2 Å². The number of ether oxygens (including phenoxy) is 1. The standard InChI is InChI=1S/C42H38N4O/c1-29-23-41(43-27-37(29)31-11-5-3-6-12-31)45-21-9-15-33-17-19-35(25-39(33)45)47-36-20-18-34-16-10-22-46(40(34)26-36)42-24-30(2)38(28-44-42)32-13-7-4-8-14-32/h3-8,11-14,17-20,23-28H,9-10,15-16,21-22H2,1-2H3. The zero-order valence-corrected chi connectivity index (χ0v) is 27.0. The Kier molecular flexibility index (Phi) is 7.66. The number of aromatic nitrogens is 2. The van der Waals surface area contributed by atoms with Gasteiger partial charge in [-0.1, -0.05) is 72.8 Å². The first kappa shape index (κ1) is 29.0. The fraction of sp³-hybridized carbons (Fsp3) is 0.190. The van der Waals surface area contributed by atoms with Crippen molar-refractivity contribution >= 4 is 23.0 Å². The predicted molar refractivity (Wildman–Crippen MR) is 192 cm³/mol. The molecule has 2 aliphatic heterocycles. The van der Waals surface area contributed by atoms with Crippen LogP contribution in [0.2, 0.25) is 0 Å². The maximum atomic E-state index is 6.59. The van der Waals surface area contributed by atoms with Crippen LogP contribution in [-0.4, -0.2) is 23.1 Å². The van der Waals surface area contributed by atoms with Crippen LogP contribution in [-0.2, 0) is 12.8 Å². The van der Waals surface area contributed by atoms with Crippen LogP contribution in [0.1, 0.15) is 35.1 Å². The molecule has 4 aromatic carbocycles. The first-order valence-electron chi connectivity index (χ1n) is 16.6. The Hall–Kier alpha value is -5.42. The third-order valence-corrected chi connectivity index (χ3v) is 9.50. The summed E-state index contributed by atoms with van der Waals surface area (Å²) in [4.78, 5) is 14.6. The summed E-state index contributed by atoms with van der Waals surface area (Å²) in [6.07, 6.45) is 8.31. The van der Waals surface area contributed by atoms with Crippen molar-refractivity contribution in [2.45, 2.75) is 39.5 Å². The van der Waals surface area contributed by atoms with Crippen LogP contribution in [0.5, 0.6) is 11.5 Å². The number of nitrogens with zero attached hydrogens (tertiary/aromatic N) is 4. The predicted octanol–water partition coefficient (Wildman–Crippen LogP) is 10.4. The van der Waals surface area contributed by atoms with Gasteiger partial charge < -0.3 is 14.5 Å². The zero-order valence-electron chi connectivity index (χ0n) is 27.0. The summed E-state index contributed by atoms with van der Waals surface area (Å²) in [5.41, 5.74) is 12.2. The van der Waals surface area contributed by atoms with E-state index in [0.29, 0.717) is 0 Å². The van der Waals surface area contributed by atoms with E-state index in [1.807, 2.05) is 24.5 Å². The van der Waals surface area contributed by atoms with Crippen LogP contribution < -0.4 is 14.5 Å². The summed E-state index contributed by atoms with van der Waals surface area (Å²) in [5.74, 6) is 3.62. The van der Waals surface area contributed by atoms with Crippen molar-refractivity contribution in [3.63, 3.8) is 0 Å². The maximum Gasteiger partial charge on any atom is 0.133 e. The molecule has 0 radical (unpaired) electrons. The summed E-state index contributed by atoms with van der Waals surface area (Å²) in [5, 5.41) is 0. The van der Waals surface area contributed by atoms with Crippen molar-refractivity contribution < 1.29 is 4.74 Å². The van der Waals surface area contributed by atoms with E-state index >= 15 is 0 Å². The lowest BCUT2D eigenvalue weighted by atomic mass is 9.99. The second-order valence-corrected chi connectivity index (χ2v) is 12.6. The highest BCUT2D eigenvalue weighted by Gasteiger charge is 2.23. The van der Waals surface area contributed by atoms with Gasteiger partial charge >= 0.3 is 0 Å². The average molecular weight is 615 g/mol. The lowest BCUT2D eigenvalue weighted by molar-refractivity contribution is 0.481. The number of fused-ring (bicyclic) bond motifs is 2. The fourth-order valence-corrected chi connectivity index (χ4v) is 7.07. The van der Waals surface area contributed by atoms with Crippen molar-refractivity contribution in [3.8, 4) is 33.8 Å². The van der Waals surface area contributed by atoms with Gasteiger partial charge in [0.25, 0.3) is 0 Å². The summed E-state index contributed by atoms with van der Waals surface area (Å²) in [6, 6.07) is 38.4. The minimum absolute atomic E-state index is 0.830. The van der Waals surface area contributed by atoms with Crippen LogP contribution in [0.3, 0.4) is 0 Å². The Morgan fingerprint density at radius 3 is 1.40 bits per heavy atom. The van der Waals surface area contributed by atoms with Gasteiger partial charge in [0.2, 0.25) is 0 Å². The lowest BCUT2D eigenvalue weighted by Gasteiger charge is -2.32. The van der Waals surface area contributed by atoms with Crippen LogP contribution in [0.15, 0.2) is 122 Å². The number of pyridine rings is 2. The molecule has 5 heteroatoms. The van der Waals surface area contributed by atoms with Crippen LogP contribution in [0, 0.1) is 13.8 Å². The number of hydrogen-bond acceptors (Lipinski definition) is 5. The molecule has 0 unspecified atom stereocenters. The van der Waals surface area contributed by atoms with Crippen LogP contribution in [0.25, 0.3) is 22.3 Å². The number of rotatable bonds is 6. The topological polar surface area (TPSA) is 41.5 Å². The molecule has 2 aliphatic rings. The molecule has 0 aliphatic carbocycles. The molecule has 0 atom stereocenters.